The maximum atomic E-state index is 8.36. The average molecular weight is 416 g/mol. The Balaban J connectivity index is 0.000000806. The molecule has 3 N–H and O–H groups in total. The lowest BCUT2D eigenvalue weighted by atomic mass is 9.90. The lowest BCUT2D eigenvalue weighted by Gasteiger charge is -2.16. The Hall–Kier alpha value is -2.54. The molecule has 30 heavy (non-hydrogen) atoms. The first kappa shape index (κ1) is 22.2. The van der Waals surface area contributed by atoms with Crippen LogP contribution in [0.25, 0.3) is 10.9 Å². The van der Waals surface area contributed by atoms with Crippen molar-refractivity contribution in [3.8, 4) is 11.5 Å². The number of hydrogen-bond acceptors (Lipinski definition) is 6. The molecule has 0 radical (unpaired) electrons. The zero-order valence-electron chi connectivity index (χ0n) is 18.2. The summed E-state index contributed by atoms with van der Waals surface area (Å²) >= 11 is 0. The molecule has 0 atom stereocenters. The maximum Gasteiger partial charge on any atom is 0.290 e. The molecule has 0 spiro atoms. The van der Waals surface area contributed by atoms with Crippen LogP contribution < -0.4 is 15.2 Å². The van der Waals surface area contributed by atoms with Gasteiger partial charge in [0, 0.05) is 18.0 Å². The standard InChI is InChI=1S/C22H31N3O2.CH2O2/c1-22(2)13-16-15-11-19(26-3)20(12-18(15)24-21(23)17(16)14-22)27-10-6-9-25-7-4-5-8-25;2-1-3/h11-12H,4-10,13-14H2,1-3H3,(H2,23,24);1H,(H,2,3). The molecule has 2 aliphatic rings. The van der Waals surface area contributed by atoms with Crippen molar-refractivity contribution in [2.24, 2.45) is 5.41 Å². The molecule has 2 heterocycles. The van der Waals surface area contributed by atoms with E-state index in [1.807, 2.05) is 6.07 Å². The smallest absolute Gasteiger partial charge is 0.290 e. The molecule has 0 unspecified atom stereocenters. The van der Waals surface area contributed by atoms with Crippen molar-refractivity contribution in [2.75, 3.05) is 39.1 Å². The van der Waals surface area contributed by atoms with Crippen LogP contribution in [0.1, 0.15) is 44.2 Å². The Kier molecular flexibility index (Phi) is 7.02. The summed E-state index contributed by atoms with van der Waals surface area (Å²) in [6.07, 6.45) is 5.68. The fraction of sp³-hybridized carbons (Fsp3) is 0.565. The van der Waals surface area contributed by atoms with Gasteiger partial charge in [0.05, 0.1) is 19.2 Å². The number of nitrogens with zero attached hydrogens (tertiary/aromatic N) is 2. The number of carboxylic acid groups (broad SMARTS) is 1. The van der Waals surface area contributed by atoms with E-state index < -0.39 is 0 Å². The van der Waals surface area contributed by atoms with Crippen molar-refractivity contribution < 1.29 is 19.4 Å². The van der Waals surface area contributed by atoms with Crippen molar-refractivity contribution in [3.63, 3.8) is 0 Å². The molecule has 7 heteroatoms. The number of fused-ring (bicyclic) bond motifs is 3. The highest BCUT2D eigenvalue weighted by atomic mass is 16.5. The molecule has 0 saturated carbocycles. The van der Waals surface area contributed by atoms with Gasteiger partial charge in [-0.1, -0.05) is 13.8 Å². The topological polar surface area (TPSA) is 97.9 Å². The molecule has 1 aromatic heterocycles. The lowest BCUT2D eigenvalue weighted by Crippen LogP contribution is -2.21. The van der Waals surface area contributed by atoms with Gasteiger partial charge < -0.3 is 25.2 Å². The largest absolute Gasteiger partial charge is 0.493 e. The average Bonchev–Trinajstić information content (AvgIpc) is 3.32. The molecule has 7 nitrogen and oxygen atoms in total. The summed E-state index contributed by atoms with van der Waals surface area (Å²) in [5, 5.41) is 8.03. The normalized spacial score (nSPS) is 17.3. The third kappa shape index (κ3) is 4.95. The third-order valence-corrected chi connectivity index (χ3v) is 5.91. The van der Waals surface area contributed by atoms with E-state index in [0.29, 0.717) is 12.4 Å². The number of nitrogens with two attached hydrogens (primary N) is 1. The predicted octanol–water partition coefficient (Wildman–Crippen LogP) is 3.52. The monoisotopic (exact) mass is 415 g/mol. The van der Waals surface area contributed by atoms with Crippen molar-refractivity contribution in [1.82, 2.24) is 9.88 Å². The second-order valence-electron chi connectivity index (χ2n) is 8.85. The molecule has 1 aliphatic heterocycles. The van der Waals surface area contributed by atoms with Crippen molar-refractivity contribution in [1.29, 1.82) is 0 Å². The van der Waals surface area contributed by atoms with E-state index in [1.54, 1.807) is 7.11 Å². The zero-order valence-corrected chi connectivity index (χ0v) is 18.2. The number of methoxy groups -OCH3 is 1. The number of aromatic nitrogens is 1. The Morgan fingerprint density at radius 2 is 1.87 bits per heavy atom. The van der Waals surface area contributed by atoms with Gasteiger partial charge in [0.15, 0.2) is 11.5 Å². The number of pyridine rings is 1. The number of anilines is 1. The van der Waals surface area contributed by atoms with Crippen LogP contribution in [-0.2, 0) is 17.6 Å². The first-order valence-corrected chi connectivity index (χ1v) is 10.6. The minimum absolute atomic E-state index is 0.227. The van der Waals surface area contributed by atoms with Crippen molar-refractivity contribution in [3.05, 3.63) is 23.3 Å². The third-order valence-electron chi connectivity index (χ3n) is 5.91. The van der Waals surface area contributed by atoms with Gasteiger partial charge in [-0.15, -0.1) is 0 Å². The number of benzene rings is 1. The van der Waals surface area contributed by atoms with E-state index in [1.165, 1.54) is 37.1 Å². The predicted molar refractivity (Wildman–Crippen MR) is 118 cm³/mol. The number of nitrogen functional groups attached to an aromatic ring is 1. The molecule has 1 fully saturated rings. The van der Waals surface area contributed by atoms with Crippen LogP contribution in [0.15, 0.2) is 12.1 Å². The minimum Gasteiger partial charge on any atom is -0.493 e. The molecular formula is C23H33N3O4. The van der Waals surface area contributed by atoms with Crippen molar-refractivity contribution >= 4 is 23.2 Å². The molecular weight excluding hydrogens is 382 g/mol. The Morgan fingerprint density at radius 3 is 2.53 bits per heavy atom. The van der Waals surface area contributed by atoms with Crippen LogP contribution in [0, 0.1) is 5.41 Å². The highest BCUT2D eigenvalue weighted by Gasteiger charge is 2.32. The second kappa shape index (κ2) is 9.51. The SMILES string of the molecule is COc1cc2c3c(c(N)nc2cc1OCCCN1CCCC1)CC(C)(C)C3.O=CO. The van der Waals surface area contributed by atoms with Gasteiger partial charge in [-0.2, -0.15) is 0 Å². The molecule has 1 aromatic carbocycles. The summed E-state index contributed by atoms with van der Waals surface area (Å²) < 4.78 is 11.7. The van der Waals surface area contributed by atoms with Gasteiger partial charge in [0.1, 0.15) is 5.82 Å². The van der Waals surface area contributed by atoms with Gasteiger partial charge in [-0.25, -0.2) is 4.98 Å². The second-order valence-corrected chi connectivity index (χ2v) is 8.85. The molecule has 1 aliphatic carbocycles. The number of ether oxygens (including phenoxy) is 2. The summed E-state index contributed by atoms with van der Waals surface area (Å²) in [5.74, 6) is 2.20. The van der Waals surface area contributed by atoms with Crippen LogP contribution in [0.2, 0.25) is 0 Å². The van der Waals surface area contributed by atoms with Crippen molar-refractivity contribution in [2.45, 2.75) is 46.0 Å². The van der Waals surface area contributed by atoms with Gasteiger partial charge >= 0.3 is 0 Å². The fourth-order valence-electron chi connectivity index (χ4n) is 4.57. The summed E-state index contributed by atoms with van der Waals surface area (Å²) in [5.41, 5.74) is 9.93. The lowest BCUT2D eigenvalue weighted by molar-refractivity contribution is -0.122. The highest BCUT2D eigenvalue weighted by molar-refractivity contribution is 5.89. The Labute approximate surface area is 178 Å². The van der Waals surface area contributed by atoms with Gasteiger partial charge in [-0.05, 0) is 67.8 Å². The number of rotatable bonds is 6. The maximum absolute atomic E-state index is 8.36. The first-order chi connectivity index (χ1) is 14.4. The van der Waals surface area contributed by atoms with E-state index in [-0.39, 0.29) is 11.9 Å². The molecule has 4 rings (SSSR count). The summed E-state index contributed by atoms with van der Waals surface area (Å²) in [4.78, 5) is 15.5. The Bertz CT molecular complexity index is 892. The quantitative estimate of drug-likeness (QED) is 0.550. The summed E-state index contributed by atoms with van der Waals surface area (Å²) in [6, 6.07) is 4.07. The molecule has 0 bridgehead atoms. The van der Waals surface area contributed by atoms with E-state index in [9.17, 15) is 0 Å². The van der Waals surface area contributed by atoms with E-state index in [0.717, 1.165) is 48.2 Å². The number of hydrogen-bond donors (Lipinski definition) is 2. The summed E-state index contributed by atoms with van der Waals surface area (Å²) in [7, 11) is 1.70. The number of carbonyl (C=O) groups is 1. The van der Waals surface area contributed by atoms with E-state index >= 15 is 0 Å². The molecule has 0 amide bonds. The molecule has 1 saturated heterocycles. The highest BCUT2D eigenvalue weighted by Crippen LogP contribution is 2.44. The number of likely N-dealkylation sites (tertiary alicyclic amines) is 1. The van der Waals surface area contributed by atoms with Crippen LogP contribution in [0.5, 0.6) is 11.5 Å². The van der Waals surface area contributed by atoms with Crippen LogP contribution in [0.3, 0.4) is 0 Å². The fourth-order valence-corrected chi connectivity index (χ4v) is 4.57. The van der Waals surface area contributed by atoms with Gasteiger partial charge in [0.2, 0.25) is 0 Å². The van der Waals surface area contributed by atoms with E-state index in [2.05, 4.69) is 29.8 Å². The summed E-state index contributed by atoms with van der Waals surface area (Å²) in [6.45, 7) is 8.56. The Morgan fingerprint density at radius 1 is 1.20 bits per heavy atom. The zero-order chi connectivity index (χ0) is 21.7. The van der Waals surface area contributed by atoms with Gasteiger partial charge in [-0.3, -0.25) is 4.79 Å². The van der Waals surface area contributed by atoms with Crippen LogP contribution in [0.4, 0.5) is 5.82 Å². The minimum atomic E-state index is -0.250. The first-order valence-electron chi connectivity index (χ1n) is 10.6. The van der Waals surface area contributed by atoms with Crippen LogP contribution >= 0.6 is 0 Å². The molecule has 2 aromatic rings. The van der Waals surface area contributed by atoms with Crippen LogP contribution in [-0.4, -0.2) is 54.8 Å². The van der Waals surface area contributed by atoms with Gasteiger partial charge in [0.25, 0.3) is 6.47 Å². The van der Waals surface area contributed by atoms with E-state index in [4.69, 9.17) is 25.1 Å². The molecule has 164 valence electrons.